The summed E-state index contributed by atoms with van der Waals surface area (Å²) >= 11 is 11.8. The molecule has 3 rings (SSSR count). The topological polar surface area (TPSA) is 63.7 Å². The fraction of sp³-hybridized carbons (Fsp3) is 0.167. The van der Waals surface area contributed by atoms with Crippen LogP contribution in [0.15, 0.2) is 30.3 Å². The summed E-state index contributed by atoms with van der Waals surface area (Å²) in [6.45, 7) is 3.24. The maximum Gasteiger partial charge on any atom is 0.331 e. The minimum atomic E-state index is -0.710. The first-order valence-electron chi connectivity index (χ1n) is 7.41. The maximum absolute atomic E-state index is 12.4. The highest BCUT2D eigenvalue weighted by Gasteiger charge is 2.37. The molecule has 2 aromatic carbocycles. The highest BCUT2D eigenvalue weighted by molar-refractivity contribution is 6.43. The van der Waals surface area contributed by atoms with Gasteiger partial charge in [0.25, 0.3) is 11.8 Å². The van der Waals surface area contributed by atoms with Crippen LogP contribution in [0.2, 0.25) is 10.0 Å². The third-order valence-electron chi connectivity index (χ3n) is 3.85. The number of nitrogens with zero attached hydrogens (tertiary/aromatic N) is 1. The van der Waals surface area contributed by atoms with Gasteiger partial charge in [-0.3, -0.25) is 14.5 Å². The van der Waals surface area contributed by atoms with Gasteiger partial charge in [-0.25, -0.2) is 4.79 Å². The number of fused-ring (bicyclic) bond motifs is 1. The van der Waals surface area contributed by atoms with Gasteiger partial charge in [-0.2, -0.15) is 0 Å². The molecule has 0 fully saturated rings. The normalized spacial score (nSPS) is 13.2. The van der Waals surface area contributed by atoms with E-state index in [-0.39, 0.29) is 21.2 Å². The zero-order chi connectivity index (χ0) is 18.3. The molecular formula is C18H13Cl2NO4. The summed E-state index contributed by atoms with van der Waals surface area (Å²) in [7, 11) is 0. The Hall–Kier alpha value is -2.37. The first-order chi connectivity index (χ1) is 11.8. The Morgan fingerprint density at radius 1 is 1.00 bits per heavy atom. The molecule has 0 saturated carbocycles. The molecule has 2 amide bonds. The second-order valence-electron chi connectivity index (χ2n) is 5.75. The quantitative estimate of drug-likeness (QED) is 0.463. The fourth-order valence-corrected chi connectivity index (χ4v) is 2.95. The molecule has 0 N–H and O–H groups in total. The predicted molar refractivity (Wildman–Crippen MR) is 93.4 cm³/mol. The van der Waals surface area contributed by atoms with Gasteiger partial charge in [-0.05, 0) is 37.6 Å². The lowest BCUT2D eigenvalue weighted by Crippen LogP contribution is -2.36. The molecular weight excluding hydrogens is 365 g/mol. The molecule has 0 aromatic heterocycles. The van der Waals surface area contributed by atoms with Gasteiger partial charge in [-0.15, -0.1) is 0 Å². The van der Waals surface area contributed by atoms with E-state index < -0.39 is 24.3 Å². The van der Waals surface area contributed by atoms with Crippen molar-refractivity contribution in [3.05, 3.63) is 62.6 Å². The maximum atomic E-state index is 12.4. The molecule has 1 heterocycles. The summed E-state index contributed by atoms with van der Waals surface area (Å²) in [4.78, 5) is 37.7. The zero-order valence-corrected chi connectivity index (χ0v) is 14.9. The van der Waals surface area contributed by atoms with E-state index in [2.05, 4.69) is 0 Å². The molecule has 1 aliphatic rings. The Labute approximate surface area is 154 Å². The standard InChI is InChI=1S/C18H13Cl2NO4/c1-9-3-4-15(10(2)5-9)25-16(22)8-21-17(23)11-6-13(19)14(20)7-12(11)18(21)24/h3-7H,8H2,1-2H3. The van der Waals surface area contributed by atoms with Gasteiger partial charge in [0.15, 0.2) is 0 Å². The zero-order valence-electron chi connectivity index (χ0n) is 13.4. The number of esters is 1. The third kappa shape index (κ3) is 3.25. The Morgan fingerprint density at radius 3 is 2.08 bits per heavy atom. The van der Waals surface area contributed by atoms with Crippen molar-refractivity contribution in [1.82, 2.24) is 4.90 Å². The minimum Gasteiger partial charge on any atom is -0.425 e. The van der Waals surface area contributed by atoms with Crippen molar-refractivity contribution >= 4 is 41.0 Å². The molecule has 2 aromatic rings. The van der Waals surface area contributed by atoms with Gasteiger partial charge in [0.1, 0.15) is 12.3 Å². The summed E-state index contributed by atoms with van der Waals surface area (Å²) in [5, 5.41) is 0.336. The lowest BCUT2D eigenvalue weighted by Gasteiger charge is -2.14. The van der Waals surface area contributed by atoms with Crippen LogP contribution in [0.5, 0.6) is 5.75 Å². The number of aryl methyl sites for hydroxylation is 2. The number of carbonyl (C=O) groups excluding carboxylic acids is 3. The molecule has 0 atom stereocenters. The first-order valence-corrected chi connectivity index (χ1v) is 8.16. The SMILES string of the molecule is Cc1ccc(OC(=O)CN2C(=O)c3cc(Cl)c(Cl)cc3C2=O)c(C)c1. The molecule has 128 valence electrons. The average molecular weight is 378 g/mol. The van der Waals surface area contributed by atoms with Crippen LogP contribution < -0.4 is 4.74 Å². The number of carbonyl (C=O) groups is 3. The van der Waals surface area contributed by atoms with E-state index in [0.29, 0.717) is 5.75 Å². The average Bonchev–Trinajstić information content (AvgIpc) is 2.76. The Morgan fingerprint density at radius 2 is 1.56 bits per heavy atom. The second-order valence-corrected chi connectivity index (χ2v) is 6.57. The Kier molecular flexibility index (Phi) is 4.54. The molecule has 0 bridgehead atoms. The van der Waals surface area contributed by atoms with E-state index in [0.717, 1.165) is 16.0 Å². The first kappa shape index (κ1) is 17.5. The van der Waals surface area contributed by atoms with E-state index >= 15 is 0 Å². The van der Waals surface area contributed by atoms with Crippen LogP contribution in [-0.2, 0) is 4.79 Å². The smallest absolute Gasteiger partial charge is 0.331 e. The number of halogens is 2. The van der Waals surface area contributed by atoms with Crippen molar-refractivity contribution in [2.24, 2.45) is 0 Å². The third-order valence-corrected chi connectivity index (χ3v) is 4.58. The van der Waals surface area contributed by atoms with Gasteiger partial charge in [0.2, 0.25) is 0 Å². The number of rotatable bonds is 3. The van der Waals surface area contributed by atoms with Gasteiger partial charge < -0.3 is 4.74 Å². The van der Waals surface area contributed by atoms with Crippen molar-refractivity contribution in [2.75, 3.05) is 6.54 Å². The van der Waals surface area contributed by atoms with Crippen LogP contribution in [0.3, 0.4) is 0 Å². The van der Waals surface area contributed by atoms with E-state index in [1.807, 2.05) is 26.0 Å². The minimum absolute atomic E-state index is 0.124. The largest absolute Gasteiger partial charge is 0.425 e. The van der Waals surface area contributed by atoms with Crippen molar-refractivity contribution in [3.8, 4) is 5.75 Å². The predicted octanol–water partition coefficient (Wildman–Crippen LogP) is 3.81. The summed E-state index contributed by atoms with van der Waals surface area (Å²) in [6.07, 6.45) is 0. The van der Waals surface area contributed by atoms with Crippen LogP contribution in [0.25, 0.3) is 0 Å². The number of hydrogen-bond acceptors (Lipinski definition) is 4. The number of imide groups is 1. The molecule has 0 saturated heterocycles. The van der Waals surface area contributed by atoms with Crippen LogP contribution in [0.1, 0.15) is 31.8 Å². The second kappa shape index (κ2) is 6.50. The molecule has 0 radical (unpaired) electrons. The van der Waals surface area contributed by atoms with E-state index in [1.165, 1.54) is 12.1 Å². The van der Waals surface area contributed by atoms with Gasteiger partial charge >= 0.3 is 5.97 Å². The van der Waals surface area contributed by atoms with Crippen molar-refractivity contribution < 1.29 is 19.1 Å². The van der Waals surface area contributed by atoms with Crippen LogP contribution in [-0.4, -0.2) is 29.2 Å². The molecule has 0 aliphatic carbocycles. The van der Waals surface area contributed by atoms with Crippen molar-refractivity contribution in [2.45, 2.75) is 13.8 Å². The van der Waals surface area contributed by atoms with Crippen LogP contribution in [0.4, 0.5) is 0 Å². The summed E-state index contributed by atoms with van der Waals surface area (Å²) in [5.74, 6) is -1.52. The lowest BCUT2D eigenvalue weighted by atomic mass is 10.1. The monoisotopic (exact) mass is 377 g/mol. The molecule has 1 aliphatic heterocycles. The van der Waals surface area contributed by atoms with Gasteiger partial charge in [0, 0.05) is 0 Å². The van der Waals surface area contributed by atoms with E-state index in [4.69, 9.17) is 27.9 Å². The lowest BCUT2D eigenvalue weighted by molar-refractivity contribution is -0.134. The van der Waals surface area contributed by atoms with Crippen molar-refractivity contribution in [3.63, 3.8) is 0 Å². The van der Waals surface area contributed by atoms with Crippen molar-refractivity contribution in [1.29, 1.82) is 0 Å². The molecule has 25 heavy (non-hydrogen) atoms. The Bertz CT molecular complexity index is 883. The summed E-state index contributed by atoms with van der Waals surface area (Å²) in [5.41, 5.74) is 2.07. The fourth-order valence-electron chi connectivity index (χ4n) is 2.63. The Balaban J connectivity index is 1.78. The van der Waals surface area contributed by atoms with Crippen LogP contribution in [0, 0.1) is 13.8 Å². The number of hydrogen-bond donors (Lipinski definition) is 0. The molecule has 5 nitrogen and oxygen atoms in total. The number of benzene rings is 2. The summed E-state index contributed by atoms with van der Waals surface area (Å²) in [6, 6.07) is 8.00. The number of amides is 2. The highest BCUT2D eigenvalue weighted by Crippen LogP contribution is 2.31. The van der Waals surface area contributed by atoms with E-state index in [1.54, 1.807) is 6.07 Å². The molecule has 7 heteroatoms. The summed E-state index contributed by atoms with van der Waals surface area (Å²) < 4.78 is 5.27. The van der Waals surface area contributed by atoms with Gasteiger partial charge in [0.05, 0.1) is 21.2 Å². The van der Waals surface area contributed by atoms with E-state index in [9.17, 15) is 14.4 Å². The highest BCUT2D eigenvalue weighted by atomic mass is 35.5. The van der Waals surface area contributed by atoms with Crippen LogP contribution >= 0.6 is 23.2 Å². The molecule has 0 spiro atoms. The van der Waals surface area contributed by atoms with Gasteiger partial charge in [-0.1, -0.05) is 40.9 Å². The molecule has 0 unspecified atom stereocenters. The number of ether oxygens (including phenoxy) is 1.